The van der Waals surface area contributed by atoms with E-state index in [4.69, 9.17) is 4.74 Å². The third kappa shape index (κ3) is 4.07. The molecule has 1 aliphatic rings. The van der Waals surface area contributed by atoms with Crippen molar-refractivity contribution in [2.75, 3.05) is 32.1 Å². The lowest BCUT2D eigenvalue weighted by Crippen LogP contribution is -2.31. The molecule has 0 N–H and O–H groups in total. The minimum atomic E-state index is -0.0469. The summed E-state index contributed by atoms with van der Waals surface area (Å²) in [7, 11) is 3.83. The van der Waals surface area contributed by atoms with Crippen molar-refractivity contribution in [3.05, 3.63) is 47.0 Å². The van der Waals surface area contributed by atoms with Crippen LogP contribution in [0.3, 0.4) is 0 Å². The molecule has 25 heavy (non-hydrogen) atoms. The Hall–Kier alpha value is -2.63. The maximum Gasteiger partial charge on any atom is 0.254 e. The molecule has 1 fully saturated rings. The molecular formula is C19H24N4O2. The fraction of sp³-hybridized carbons (Fsp3) is 0.421. The van der Waals surface area contributed by atoms with Gasteiger partial charge in [0.25, 0.3) is 5.91 Å². The molecule has 0 aliphatic carbocycles. The van der Waals surface area contributed by atoms with Crippen molar-refractivity contribution in [1.29, 1.82) is 0 Å². The molecule has 0 saturated carbocycles. The Kier molecular flexibility index (Phi) is 4.88. The molecule has 2 aromatic rings. The van der Waals surface area contributed by atoms with Gasteiger partial charge in [0.15, 0.2) is 5.82 Å². The van der Waals surface area contributed by atoms with Gasteiger partial charge in [-0.1, -0.05) is 17.2 Å². The molecule has 132 valence electrons. The summed E-state index contributed by atoms with van der Waals surface area (Å²) < 4.78 is 5.89. The summed E-state index contributed by atoms with van der Waals surface area (Å²) in [5.74, 6) is 1.34. The van der Waals surface area contributed by atoms with Gasteiger partial charge in [-0.3, -0.25) is 4.79 Å². The van der Waals surface area contributed by atoms with Gasteiger partial charge >= 0.3 is 0 Å². The first-order valence-corrected chi connectivity index (χ1v) is 8.47. The third-order valence-corrected chi connectivity index (χ3v) is 4.27. The molecule has 3 rings (SSSR count). The minimum absolute atomic E-state index is 0.0469. The Balaban J connectivity index is 1.62. The lowest BCUT2D eigenvalue weighted by Gasteiger charge is -2.18. The highest BCUT2D eigenvalue weighted by molar-refractivity contribution is 5.94. The topological polar surface area (TPSA) is 58.6 Å². The van der Waals surface area contributed by atoms with Gasteiger partial charge in [-0.05, 0) is 32.0 Å². The van der Waals surface area contributed by atoms with Gasteiger partial charge in [-0.2, -0.15) is 0 Å². The minimum Gasteiger partial charge on any atom is -0.471 e. The normalized spacial score (nSPS) is 16.8. The SMILES string of the molecule is Cc1cc(C)cc(C(=O)N2CCC(Oc3ccc(N(C)C)nn3)C2)c1. The number of carbonyl (C=O) groups excluding carboxylic acids is 1. The van der Waals surface area contributed by atoms with E-state index >= 15 is 0 Å². The largest absolute Gasteiger partial charge is 0.471 e. The van der Waals surface area contributed by atoms with Crippen molar-refractivity contribution < 1.29 is 9.53 Å². The summed E-state index contributed by atoms with van der Waals surface area (Å²) in [5.41, 5.74) is 2.95. The molecule has 1 unspecified atom stereocenters. The quantitative estimate of drug-likeness (QED) is 0.856. The Morgan fingerprint density at radius 3 is 2.48 bits per heavy atom. The van der Waals surface area contributed by atoms with E-state index in [0.717, 1.165) is 28.9 Å². The van der Waals surface area contributed by atoms with E-state index in [9.17, 15) is 4.79 Å². The summed E-state index contributed by atoms with van der Waals surface area (Å²) in [6, 6.07) is 9.64. The van der Waals surface area contributed by atoms with E-state index in [1.54, 1.807) is 0 Å². The predicted molar refractivity (Wildman–Crippen MR) is 97.2 cm³/mol. The number of aromatic nitrogens is 2. The summed E-state index contributed by atoms with van der Waals surface area (Å²) in [6.45, 7) is 5.29. The van der Waals surface area contributed by atoms with Gasteiger partial charge in [0.05, 0.1) is 6.54 Å². The highest BCUT2D eigenvalue weighted by Gasteiger charge is 2.28. The van der Waals surface area contributed by atoms with E-state index in [-0.39, 0.29) is 12.0 Å². The summed E-state index contributed by atoms with van der Waals surface area (Å²) in [4.78, 5) is 16.4. The zero-order valence-corrected chi connectivity index (χ0v) is 15.2. The molecule has 0 spiro atoms. The number of hydrogen-bond donors (Lipinski definition) is 0. The fourth-order valence-electron chi connectivity index (χ4n) is 3.07. The van der Waals surface area contributed by atoms with Crippen molar-refractivity contribution in [2.24, 2.45) is 0 Å². The number of carbonyl (C=O) groups is 1. The monoisotopic (exact) mass is 340 g/mol. The summed E-state index contributed by atoms with van der Waals surface area (Å²) >= 11 is 0. The standard InChI is InChI=1S/C19H24N4O2/c1-13-9-14(2)11-15(10-13)19(24)23-8-7-16(12-23)25-18-6-5-17(20-21-18)22(3)4/h5-6,9-11,16H,7-8,12H2,1-4H3. The molecule has 6 nitrogen and oxygen atoms in total. The van der Waals surface area contributed by atoms with Gasteiger partial charge in [0, 0.05) is 38.7 Å². The van der Waals surface area contributed by atoms with Gasteiger partial charge in [0.2, 0.25) is 5.88 Å². The maximum absolute atomic E-state index is 12.7. The van der Waals surface area contributed by atoms with Crippen LogP contribution in [0, 0.1) is 13.8 Å². The average molecular weight is 340 g/mol. The Bertz CT molecular complexity index is 738. The Morgan fingerprint density at radius 2 is 1.88 bits per heavy atom. The molecule has 0 radical (unpaired) electrons. The van der Waals surface area contributed by atoms with Crippen LogP contribution in [0.25, 0.3) is 0 Å². The molecule has 1 aromatic heterocycles. The van der Waals surface area contributed by atoms with Crippen LogP contribution in [0.5, 0.6) is 5.88 Å². The second kappa shape index (κ2) is 7.09. The molecule has 0 bridgehead atoms. The number of amides is 1. The lowest BCUT2D eigenvalue weighted by atomic mass is 10.1. The predicted octanol–water partition coefficient (Wildman–Crippen LogP) is 2.45. The summed E-state index contributed by atoms with van der Waals surface area (Å²) in [6.07, 6.45) is 0.752. The summed E-state index contributed by atoms with van der Waals surface area (Å²) in [5, 5.41) is 8.21. The fourth-order valence-corrected chi connectivity index (χ4v) is 3.07. The molecule has 1 aromatic carbocycles. The van der Waals surface area contributed by atoms with Crippen molar-refractivity contribution in [1.82, 2.24) is 15.1 Å². The molecule has 6 heteroatoms. The van der Waals surface area contributed by atoms with Gasteiger partial charge in [0.1, 0.15) is 6.10 Å². The zero-order chi connectivity index (χ0) is 18.0. The van der Waals surface area contributed by atoms with Crippen LogP contribution < -0.4 is 9.64 Å². The first-order valence-electron chi connectivity index (χ1n) is 8.47. The van der Waals surface area contributed by atoms with Gasteiger partial charge in [-0.25, -0.2) is 0 Å². The number of aryl methyl sites for hydroxylation is 2. The van der Waals surface area contributed by atoms with E-state index in [0.29, 0.717) is 19.0 Å². The van der Waals surface area contributed by atoms with E-state index in [1.165, 1.54) is 0 Å². The average Bonchev–Trinajstić information content (AvgIpc) is 3.02. The smallest absolute Gasteiger partial charge is 0.254 e. The molecule has 1 amide bonds. The Morgan fingerprint density at radius 1 is 1.16 bits per heavy atom. The highest BCUT2D eigenvalue weighted by atomic mass is 16.5. The number of rotatable bonds is 4. The van der Waals surface area contributed by atoms with Crippen molar-refractivity contribution in [2.45, 2.75) is 26.4 Å². The number of anilines is 1. The number of nitrogens with zero attached hydrogens (tertiary/aromatic N) is 4. The number of benzene rings is 1. The van der Waals surface area contributed by atoms with Crippen LogP contribution in [0.2, 0.25) is 0 Å². The van der Waals surface area contributed by atoms with Crippen LogP contribution in [0.15, 0.2) is 30.3 Å². The molecule has 2 heterocycles. The first-order chi connectivity index (χ1) is 11.9. The van der Waals surface area contributed by atoms with E-state index in [2.05, 4.69) is 16.3 Å². The number of hydrogen-bond acceptors (Lipinski definition) is 5. The first kappa shape index (κ1) is 17.2. The van der Waals surface area contributed by atoms with Gasteiger partial charge in [-0.15, -0.1) is 10.2 Å². The maximum atomic E-state index is 12.7. The van der Waals surface area contributed by atoms with Crippen LogP contribution in [-0.4, -0.2) is 54.3 Å². The second-order valence-electron chi connectivity index (χ2n) is 6.78. The van der Waals surface area contributed by atoms with Crippen LogP contribution in [-0.2, 0) is 0 Å². The second-order valence-corrected chi connectivity index (χ2v) is 6.78. The molecule has 1 saturated heterocycles. The zero-order valence-electron chi connectivity index (χ0n) is 15.2. The number of ether oxygens (including phenoxy) is 1. The highest BCUT2D eigenvalue weighted by Crippen LogP contribution is 2.20. The third-order valence-electron chi connectivity index (χ3n) is 4.27. The van der Waals surface area contributed by atoms with Crippen molar-refractivity contribution in [3.63, 3.8) is 0 Å². The Labute approximate surface area is 148 Å². The number of likely N-dealkylation sites (tertiary alicyclic amines) is 1. The molecule has 1 aliphatic heterocycles. The molecular weight excluding hydrogens is 316 g/mol. The van der Waals surface area contributed by atoms with Crippen LogP contribution in [0.1, 0.15) is 27.9 Å². The van der Waals surface area contributed by atoms with Crippen LogP contribution in [0.4, 0.5) is 5.82 Å². The van der Waals surface area contributed by atoms with Crippen LogP contribution >= 0.6 is 0 Å². The van der Waals surface area contributed by atoms with Crippen molar-refractivity contribution >= 4 is 11.7 Å². The van der Waals surface area contributed by atoms with E-state index < -0.39 is 0 Å². The molecule has 1 atom stereocenters. The van der Waals surface area contributed by atoms with Crippen molar-refractivity contribution in [3.8, 4) is 5.88 Å². The van der Waals surface area contributed by atoms with Gasteiger partial charge < -0.3 is 14.5 Å². The lowest BCUT2D eigenvalue weighted by molar-refractivity contribution is 0.0770. The van der Waals surface area contributed by atoms with E-state index in [1.807, 2.05) is 62.0 Å².